The van der Waals surface area contributed by atoms with Gasteiger partial charge < -0.3 is 24.8 Å². The highest BCUT2D eigenvalue weighted by atomic mass is 16.5. The molecule has 2 fully saturated rings. The third-order valence-electron chi connectivity index (χ3n) is 5.26. The van der Waals surface area contributed by atoms with E-state index in [-0.39, 0.29) is 5.91 Å². The van der Waals surface area contributed by atoms with E-state index in [1.165, 1.54) is 0 Å². The summed E-state index contributed by atoms with van der Waals surface area (Å²) in [5.74, 6) is 2.61. The van der Waals surface area contributed by atoms with Crippen molar-refractivity contribution >= 4 is 11.9 Å². The molecule has 2 aliphatic rings. The maximum Gasteiger partial charge on any atom is 0.222 e. The van der Waals surface area contributed by atoms with Crippen LogP contribution >= 0.6 is 0 Å². The van der Waals surface area contributed by atoms with Gasteiger partial charge in [-0.1, -0.05) is 6.92 Å². The molecule has 3 heterocycles. The van der Waals surface area contributed by atoms with E-state index in [1.807, 2.05) is 4.90 Å². The quantitative estimate of drug-likeness (QED) is 0.341. The van der Waals surface area contributed by atoms with Crippen LogP contribution in [0.15, 0.2) is 11.3 Å². The van der Waals surface area contributed by atoms with Crippen molar-refractivity contribution in [2.75, 3.05) is 45.9 Å². The van der Waals surface area contributed by atoms with Crippen molar-refractivity contribution in [2.45, 2.75) is 45.6 Å². The smallest absolute Gasteiger partial charge is 0.222 e. The number of likely N-dealkylation sites (tertiary alicyclic amines) is 1. The molecule has 156 valence electrons. The van der Waals surface area contributed by atoms with Gasteiger partial charge in [0.15, 0.2) is 5.96 Å². The SMILES string of the molecule is CCc1nncn1CCNC(=NCC1CCOC1)NCCCN1CCCC1=O. The Balaban J connectivity index is 1.43. The van der Waals surface area contributed by atoms with E-state index < -0.39 is 0 Å². The Bertz CT molecular complexity index is 640. The number of aryl methyl sites for hydroxylation is 1. The van der Waals surface area contributed by atoms with Crippen molar-refractivity contribution in [2.24, 2.45) is 10.9 Å². The molecule has 0 saturated carbocycles. The van der Waals surface area contributed by atoms with Crippen LogP contribution in [0.25, 0.3) is 0 Å². The second-order valence-corrected chi connectivity index (χ2v) is 7.40. The van der Waals surface area contributed by atoms with E-state index in [0.29, 0.717) is 12.3 Å². The highest BCUT2D eigenvalue weighted by molar-refractivity contribution is 5.80. The Morgan fingerprint density at radius 2 is 2.25 bits per heavy atom. The van der Waals surface area contributed by atoms with Gasteiger partial charge in [-0.2, -0.15) is 0 Å². The largest absolute Gasteiger partial charge is 0.381 e. The number of carbonyl (C=O) groups is 1. The van der Waals surface area contributed by atoms with Gasteiger partial charge in [0.05, 0.1) is 6.61 Å². The highest BCUT2D eigenvalue weighted by Gasteiger charge is 2.19. The zero-order chi connectivity index (χ0) is 19.6. The molecule has 1 unspecified atom stereocenters. The molecule has 1 aromatic heterocycles. The fourth-order valence-corrected chi connectivity index (χ4v) is 3.57. The van der Waals surface area contributed by atoms with Gasteiger partial charge in [-0.05, 0) is 19.3 Å². The molecule has 9 heteroatoms. The fraction of sp³-hybridized carbons (Fsp3) is 0.789. The summed E-state index contributed by atoms with van der Waals surface area (Å²) in [5, 5.41) is 14.9. The van der Waals surface area contributed by atoms with Crippen LogP contribution in [-0.2, 0) is 22.5 Å². The van der Waals surface area contributed by atoms with Crippen LogP contribution in [0.4, 0.5) is 0 Å². The van der Waals surface area contributed by atoms with E-state index in [0.717, 1.165) is 89.9 Å². The molecular weight excluding hydrogens is 358 g/mol. The van der Waals surface area contributed by atoms with E-state index in [1.54, 1.807) is 6.33 Å². The van der Waals surface area contributed by atoms with Gasteiger partial charge in [-0.25, -0.2) is 0 Å². The van der Waals surface area contributed by atoms with Gasteiger partial charge in [0.2, 0.25) is 5.91 Å². The van der Waals surface area contributed by atoms with Crippen molar-refractivity contribution in [3.05, 3.63) is 12.2 Å². The molecule has 0 aromatic carbocycles. The minimum Gasteiger partial charge on any atom is -0.381 e. The average molecular weight is 392 g/mol. The van der Waals surface area contributed by atoms with Gasteiger partial charge in [-0.3, -0.25) is 9.79 Å². The van der Waals surface area contributed by atoms with Gasteiger partial charge in [0.25, 0.3) is 0 Å². The van der Waals surface area contributed by atoms with E-state index in [4.69, 9.17) is 9.73 Å². The lowest BCUT2D eigenvalue weighted by Gasteiger charge is -2.17. The van der Waals surface area contributed by atoms with Gasteiger partial charge in [0.1, 0.15) is 12.2 Å². The predicted octanol–water partition coefficient (Wildman–Crippen LogP) is 0.425. The first-order valence-electron chi connectivity index (χ1n) is 10.5. The number of aliphatic imine (C=N–C) groups is 1. The van der Waals surface area contributed by atoms with Crippen LogP contribution in [0.5, 0.6) is 0 Å². The van der Waals surface area contributed by atoms with Crippen LogP contribution in [0.2, 0.25) is 0 Å². The van der Waals surface area contributed by atoms with Crippen molar-refractivity contribution in [3.8, 4) is 0 Å². The lowest BCUT2D eigenvalue weighted by Crippen LogP contribution is -2.40. The molecule has 3 rings (SSSR count). The minimum atomic E-state index is 0.286. The van der Waals surface area contributed by atoms with Crippen LogP contribution in [-0.4, -0.2) is 77.5 Å². The highest BCUT2D eigenvalue weighted by Crippen LogP contribution is 2.12. The molecule has 2 N–H and O–H groups in total. The molecule has 1 atom stereocenters. The zero-order valence-electron chi connectivity index (χ0n) is 16.9. The summed E-state index contributed by atoms with van der Waals surface area (Å²) >= 11 is 0. The lowest BCUT2D eigenvalue weighted by atomic mass is 10.1. The Morgan fingerprint density at radius 3 is 3.00 bits per heavy atom. The summed E-state index contributed by atoms with van der Waals surface area (Å²) in [6.45, 7) is 8.55. The van der Waals surface area contributed by atoms with Crippen LogP contribution in [0.3, 0.4) is 0 Å². The molecule has 1 amide bonds. The second kappa shape index (κ2) is 11.0. The summed E-state index contributed by atoms with van der Waals surface area (Å²) in [4.78, 5) is 18.4. The van der Waals surface area contributed by atoms with Crippen molar-refractivity contribution < 1.29 is 9.53 Å². The fourth-order valence-electron chi connectivity index (χ4n) is 3.57. The molecule has 2 saturated heterocycles. The van der Waals surface area contributed by atoms with Crippen LogP contribution in [0.1, 0.15) is 38.4 Å². The molecule has 2 aliphatic heterocycles. The Morgan fingerprint density at radius 1 is 1.36 bits per heavy atom. The summed E-state index contributed by atoms with van der Waals surface area (Å²) in [6.07, 6.45) is 6.34. The van der Waals surface area contributed by atoms with E-state index in [9.17, 15) is 4.79 Å². The Labute approximate surface area is 166 Å². The number of rotatable bonds is 10. The van der Waals surface area contributed by atoms with E-state index in [2.05, 4.69) is 32.3 Å². The first-order chi connectivity index (χ1) is 13.8. The lowest BCUT2D eigenvalue weighted by molar-refractivity contribution is -0.127. The van der Waals surface area contributed by atoms with Crippen molar-refractivity contribution in [1.82, 2.24) is 30.3 Å². The van der Waals surface area contributed by atoms with Gasteiger partial charge in [-0.15, -0.1) is 10.2 Å². The third-order valence-corrected chi connectivity index (χ3v) is 5.26. The predicted molar refractivity (Wildman–Crippen MR) is 107 cm³/mol. The van der Waals surface area contributed by atoms with E-state index >= 15 is 0 Å². The number of hydrogen-bond donors (Lipinski definition) is 2. The number of nitrogens with one attached hydrogen (secondary N) is 2. The standard InChI is InChI=1S/C19H33N7O2/c1-2-17-24-23-15-26(17)11-8-21-19(22-13-16-6-12-28-14-16)20-7-4-10-25-9-3-5-18(25)27/h15-16H,2-14H2,1H3,(H2,20,21,22). The zero-order valence-corrected chi connectivity index (χ0v) is 16.9. The summed E-state index contributed by atoms with van der Waals surface area (Å²) in [6, 6.07) is 0. The van der Waals surface area contributed by atoms with Crippen LogP contribution in [0, 0.1) is 5.92 Å². The number of hydrogen-bond acceptors (Lipinski definition) is 5. The molecule has 0 radical (unpaired) electrons. The third kappa shape index (κ3) is 6.19. The first kappa shape index (κ1) is 20.6. The average Bonchev–Trinajstić information content (AvgIpc) is 3.45. The minimum absolute atomic E-state index is 0.286. The maximum atomic E-state index is 11.7. The van der Waals surface area contributed by atoms with Crippen LogP contribution < -0.4 is 10.6 Å². The van der Waals surface area contributed by atoms with Crippen molar-refractivity contribution in [3.63, 3.8) is 0 Å². The summed E-state index contributed by atoms with van der Waals surface area (Å²) in [7, 11) is 0. The van der Waals surface area contributed by atoms with Crippen molar-refractivity contribution in [1.29, 1.82) is 0 Å². The summed E-state index contributed by atoms with van der Waals surface area (Å²) < 4.78 is 7.51. The second-order valence-electron chi connectivity index (χ2n) is 7.40. The Kier molecular flexibility index (Phi) is 8.07. The number of guanidine groups is 1. The molecule has 28 heavy (non-hydrogen) atoms. The topological polar surface area (TPSA) is 96.7 Å². The van der Waals surface area contributed by atoms with Gasteiger partial charge in [0, 0.05) is 64.6 Å². The monoisotopic (exact) mass is 391 g/mol. The molecule has 0 bridgehead atoms. The number of nitrogens with zero attached hydrogens (tertiary/aromatic N) is 5. The number of ether oxygens (including phenoxy) is 1. The molecule has 1 aromatic rings. The summed E-state index contributed by atoms with van der Waals surface area (Å²) in [5.41, 5.74) is 0. The maximum absolute atomic E-state index is 11.7. The molecule has 0 aliphatic carbocycles. The number of aromatic nitrogens is 3. The molecular formula is C19H33N7O2. The first-order valence-corrected chi connectivity index (χ1v) is 10.5. The number of carbonyl (C=O) groups excluding carboxylic acids is 1. The van der Waals surface area contributed by atoms with Gasteiger partial charge >= 0.3 is 0 Å². The Hall–Kier alpha value is -2.16. The molecule has 9 nitrogen and oxygen atoms in total. The number of amides is 1. The normalized spacial score (nSPS) is 20.2. The molecule has 0 spiro atoms.